The van der Waals surface area contributed by atoms with Gasteiger partial charge in [-0.15, -0.1) is 11.3 Å². The van der Waals surface area contributed by atoms with Crippen LogP contribution in [0.5, 0.6) is 0 Å². The number of carbonyl (C=O) groups is 1. The minimum Gasteiger partial charge on any atom is -0.387 e. The van der Waals surface area contributed by atoms with E-state index in [9.17, 15) is 9.90 Å². The summed E-state index contributed by atoms with van der Waals surface area (Å²) < 4.78 is 0. The molecule has 0 aliphatic heterocycles. The summed E-state index contributed by atoms with van der Waals surface area (Å²) in [5.74, 6) is 0.220. The number of hydrogen-bond acceptors (Lipinski definition) is 3. The molecule has 1 saturated carbocycles. The third-order valence-electron chi connectivity index (χ3n) is 3.62. The number of Topliss-reactive ketones (excluding diaryl/α,β-unsaturated/α-hetero) is 1. The summed E-state index contributed by atoms with van der Waals surface area (Å²) in [5, 5.41) is 10.4. The van der Waals surface area contributed by atoms with Gasteiger partial charge < -0.3 is 5.11 Å². The van der Waals surface area contributed by atoms with Crippen molar-refractivity contribution in [1.82, 2.24) is 0 Å². The summed E-state index contributed by atoms with van der Waals surface area (Å²) in [5.41, 5.74) is -0.560. The van der Waals surface area contributed by atoms with Gasteiger partial charge in [0.15, 0.2) is 0 Å². The smallest absolute Gasteiger partial charge is 0.141 e. The lowest BCUT2D eigenvalue weighted by molar-refractivity contribution is -0.137. The highest BCUT2D eigenvalue weighted by Crippen LogP contribution is 2.44. The molecule has 1 N–H and O–H groups in total. The van der Waals surface area contributed by atoms with Crippen LogP contribution < -0.4 is 0 Å². The minimum absolute atomic E-state index is 0.220. The van der Waals surface area contributed by atoms with Crippen LogP contribution >= 0.6 is 11.3 Å². The second-order valence-corrected chi connectivity index (χ2v) is 6.22. The van der Waals surface area contributed by atoms with Gasteiger partial charge in [0.1, 0.15) is 11.9 Å². The van der Waals surface area contributed by atoms with Crippen molar-refractivity contribution in [1.29, 1.82) is 0 Å². The molecular weight excluding hydrogens is 220 g/mol. The topological polar surface area (TPSA) is 37.3 Å². The fourth-order valence-corrected chi connectivity index (χ4v) is 3.42. The molecule has 1 aromatic heterocycles. The summed E-state index contributed by atoms with van der Waals surface area (Å²) in [6.45, 7) is 3.93. The first-order valence-corrected chi connectivity index (χ1v) is 6.63. The molecule has 1 fully saturated rings. The number of ketones is 1. The van der Waals surface area contributed by atoms with Crippen molar-refractivity contribution in [3.8, 4) is 0 Å². The zero-order chi connectivity index (χ0) is 11.8. The predicted molar refractivity (Wildman–Crippen MR) is 65.6 cm³/mol. The minimum atomic E-state index is -0.626. The van der Waals surface area contributed by atoms with Crippen LogP contribution in [-0.4, -0.2) is 10.9 Å². The van der Waals surface area contributed by atoms with Crippen LogP contribution in [0, 0.1) is 12.3 Å². The molecule has 16 heavy (non-hydrogen) atoms. The number of carbonyl (C=O) groups excluding carboxylic acids is 1. The van der Waals surface area contributed by atoms with Crippen molar-refractivity contribution in [2.75, 3.05) is 0 Å². The second kappa shape index (κ2) is 4.30. The Bertz CT molecular complexity index is 396. The molecule has 0 radical (unpaired) electrons. The Kier molecular flexibility index (Phi) is 3.17. The molecule has 1 heterocycles. The van der Waals surface area contributed by atoms with Gasteiger partial charge in [-0.25, -0.2) is 0 Å². The SMILES string of the molecule is Cc1ccc(C(O)[C@]2(C)CCCCC2=O)s1. The molecule has 0 bridgehead atoms. The first-order chi connectivity index (χ1) is 7.54. The highest BCUT2D eigenvalue weighted by atomic mass is 32.1. The first kappa shape index (κ1) is 11.8. The third kappa shape index (κ3) is 1.94. The van der Waals surface area contributed by atoms with Crippen molar-refractivity contribution < 1.29 is 9.90 Å². The highest BCUT2D eigenvalue weighted by Gasteiger charge is 2.42. The van der Waals surface area contributed by atoms with E-state index in [-0.39, 0.29) is 5.78 Å². The number of thiophene rings is 1. The van der Waals surface area contributed by atoms with Gasteiger partial charge in [0.05, 0.1) is 5.41 Å². The lowest BCUT2D eigenvalue weighted by atomic mass is 9.70. The zero-order valence-electron chi connectivity index (χ0n) is 9.82. The van der Waals surface area contributed by atoms with Crippen molar-refractivity contribution >= 4 is 17.1 Å². The van der Waals surface area contributed by atoms with E-state index >= 15 is 0 Å². The fraction of sp³-hybridized carbons (Fsp3) is 0.615. The van der Waals surface area contributed by atoms with Gasteiger partial charge >= 0.3 is 0 Å². The summed E-state index contributed by atoms with van der Waals surface area (Å²) in [6.07, 6.45) is 2.83. The normalized spacial score (nSPS) is 28.1. The maximum Gasteiger partial charge on any atom is 0.141 e. The van der Waals surface area contributed by atoms with E-state index in [0.29, 0.717) is 6.42 Å². The molecule has 3 heteroatoms. The van der Waals surface area contributed by atoms with Crippen molar-refractivity contribution in [3.63, 3.8) is 0 Å². The van der Waals surface area contributed by atoms with E-state index in [2.05, 4.69) is 0 Å². The van der Waals surface area contributed by atoms with Gasteiger partial charge in [0, 0.05) is 16.2 Å². The van der Waals surface area contributed by atoms with Crippen LogP contribution in [0.2, 0.25) is 0 Å². The number of rotatable bonds is 2. The van der Waals surface area contributed by atoms with Crippen molar-refractivity contribution in [2.24, 2.45) is 5.41 Å². The molecule has 1 aliphatic rings. The maximum atomic E-state index is 12.0. The molecule has 1 aliphatic carbocycles. The molecule has 2 nitrogen and oxygen atoms in total. The molecule has 1 unspecified atom stereocenters. The molecule has 1 aromatic rings. The Morgan fingerprint density at radius 1 is 1.44 bits per heavy atom. The van der Waals surface area contributed by atoms with Crippen molar-refractivity contribution in [3.05, 3.63) is 21.9 Å². The summed E-state index contributed by atoms with van der Waals surface area (Å²) in [6, 6.07) is 3.94. The van der Waals surface area contributed by atoms with Crippen LogP contribution in [0.15, 0.2) is 12.1 Å². The Balaban J connectivity index is 2.25. The lowest BCUT2D eigenvalue weighted by Crippen LogP contribution is -2.36. The van der Waals surface area contributed by atoms with Crippen molar-refractivity contribution in [2.45, 2.75) is 45.6 Å². The molecule has 0 spiro atoms. The standard InChI is InChI=1S/C13H18O2S/c1-9-6-7-10(16-9)12(15)13(2)8-4-3-5-11(13)14/h6-7,12,15H,3-5,8H2,1-2H3/t12?,13-/m1/s1. The Morgan fingerprint density at radius 3 is 2.75 bits per heavy atom. The fourth-order valence-electron chi connectivity index (χ4n) is 2.41. The summed E-state index contributed by atoms with van der Waals surface area (Å²) in [7, 11) is 0. The van der Waals surface area contributed by atoms with Gasteiger partial charge in [0.25, 0.3) is 0 Å². The predicted octanol–water partition coefficient (Wildman–Crippen LogP) is 3.24. The van der Waals surface area contributed by atoms with Crippen LogP contribution in [0.3, 0.4) is 0 Å². The number of aliphatic hydroxyl groups is 1. The van der Waals surface area contributed by atoms with Gasteiger partial charge in [0.2, 0.25) is 0 Å². The highest BCUT2D eigenvalue weighted by molar-refractivity contribution is 7.12. The second-order valence-electron chi connectivity index (χ2n) is 4.90. The van der Waals surface area contributed by atoms with Gasteiger partial charge in [-0.05, 0) is 38.8 Å². The van der Waals surface area contributed by atoms with Crippen LogP contribution in [0.25, 0.3) is 0 Å². The molecule has 2 rings (SSSR count). The van der Waals surface area contributed by atoms with Crippen LogP contribution in [0.4, 0.5) is 0 Å². The number of aryl methyl sites for hydroxylation is 1. The van der Waals surface area contributed by atoms with E-state index in [4.69, 9.17) is 0 Å². The quantitative estimate of drug-likeness (QED) is 0.858. The largest absolute Gasteiger partial charge is 0.387 e. The van der Waals surface area contributed by atoms with Crippen LogP contribution in [-0.2, 0) is 4.79 Å². The van der Waals surface area contributed by atoms with E-state index in [1.807, 2.05) is 26.0 Å². The molecule has 0 aromatic carbocycles. The lowest BCUT2D eigenvalue weighted by Gasteiger charge is -2.35. The third-order valence-corrected chi connectivity index (χ3v) is 4.67. The summed E-state index contributed by atoms with van der Waals surface area (Å²) >= 11 is 1.59. The van der Waals surface area contributed by atoms with E-state index < -0.39 is 11.5 Å². The van der Waals surface area contributed by atoms with E-state index in [1.165, 1.54) is 4.88 Å². The Morgan fingerprint density at radius 2 is 2.19 bits per heavy atom. The van der Waals surface area contributed by atoms with Gasteiger partial charge in [-0.3, -0.25) is 4.79 Å². The van der Waals surface area contributed by atoms with E-state index in [0.717, 1.165) is 24.1 Å². The summed E-state index contributed by atoms with van der Waals surface area (Å²) in [4.78, 5) is 14.1. The Hall–Kier alpha value is -0.670. The van der Waals surface area contributed by atoms with Gasteiger partial charge in [-0.2, -0.15) is 0 Å². The van der Waals surface area contributed by atoms with E-state index in [1.54, 1.807) is 11.3 Å². The number of hydrogen-bond donors (Lipinski definition) is 1. The van der Waals surface area contributed by atoms with Crippen LogP contribution in [0.1, 0.15) is 48.5 Å². The molecule has 88 valence electrons. The van der Waals surface area contributed by atoms with Gasteiger partial charge in [-0.1, -0.05) is 6.42 Å². The zero-order valence-corrected chi connectivity index (χ0v) is 10.6. The number of aliphatic hydroxyl groups excluding tert-OH is 1. The maximum absolute atomic E-state index is 12.0. The molecule has 0 amide bonds. The molecule has 0 saturated heterocycles. The molecular formula is C13H18O2S. The monoisotopic (exact) mass is 238 g/mol. The average Bonchev–Trinajstić information content (AvgIpc) is 2.68. The molecule has 2 atom stereocenters. The average molecular weight is 238 g/mol. The first-order valence-electron chi connectivity index (χ1n) is 5.82. The Labute approximate surface area is 100 Å².